The van der Waals surface area contributed by atoms with Gasteiger partial charge in [0.2, 0.25) is 5.91 Å². The van der Waals surface area contributed by atoms with Gasteiger partial charge in [-0.1, -0.05) is 37.4 Å². The van der Waals surface area contributed by atoms with Crippen LogP contribution in [0.25, 0.3) is 0 Å². The van der Waals surface area contributed by atoms with Gasteiger partial charge in [-0.05, 0) is 17.7 Å². The molecular weight excluding hydrogens is 526 g/mol. The lowest BCUT2D eigenvalue weighted by molar-refractivity contribution is -0.396. The van der Waals surface area contributed by atoms with Gasteiger partial charge in [0.25, 0.3) is 21.4 Å². The summed E-state index contributed by atoms with van der Waals surface area (Å²) in [5.41, 5.74) is 3.78. The van der Waals surface area contributed by atoms with Gasteiger partial charge >= 0.3 is 0 Å². The van der Waals surface area contributed by atoms with Crippen LogP contribution in [-0.4, -0.2) is 69.5 Å². The Balaban J connectivity index is 2.51. The van der Waals surface area contributed by atoms with E-state index in [2.05, 4.69) is 32.7 Å². The maximum atomic E-state index is 13.6. The summed E-state index contributed by atoms with van der Waals surface area (Å²) in [6, 6.07) is 0.355. The minimum absolute atomic E-state index is 0.00366. The van der Waals surface area contributed by atoms with Crippen LogP contribution in [0, 0.1) is 20.2 Å². The average molecular weight is 558 g/mol. The number of amides is 1. The maximum Gasteiger partial charge on any atom is 0.296 e. The van der Waals surface area contributed by atoms with Gasteiger partial charge in [-0.3, -0.25) is 29.9 Å². The lowest BCUT2D eigenvalue weighted by Crippen LogP contribution is -2.54. The Labute approximate surface area is 216 Å². The SMILES string of the molecule is C=CCON([C@H]1CN[C@H](CO[SiH](C)C(C)(C)C)C=C1C(N)=O)S(=O)(=O)c1ccc([N+](=O)[O-])cc1[N+](=O)[O-]. The molecule has 0 aromatic heterocycles. The molecule has 1 heterocycles. The number of nitrogens with one attached hydrogen (secondary N) is 1. The van der Waals surface area contributed by atoms with Gasteiger partial charge < -0.3 is 15.5 Å². The van der Waals surface area contributed by atoms with Gasteiger partial charge in [0.15, 0.2) is 13.9 Å². The number of non-ortho nitro benzene ring substituents is 1. The third kappa shape index (κ3) is 7.27. The predicted molar refractivity (Wildman–Crippen MR) is 136 cm³/mol. The van der Waals surface area contributed by atoms with Gasteiger partial charge in [-0.25, -0.2) is 8.42 Å². The van der Waals surface area contributed by atoms with Crippen molar-refractivity contribution in [3.05, 3.63) is 62.7 Å². The highest BCUT2D eigenvalue weighted by Gasteiger charge is 2.42. The minimum Gasteiger partial charge on any atom is -0.418 e. The maximum absolute atomic E-state index is 13.6. The van der Waals surface area contributed by atoms with E-state index in [9.17, 15) is 33.4 Å². The van der Waals surface area contributed by atoms with Crippen LogP contribution in [0.2, 0.25) is 11.6 Å². The number of nitro benzene ring substituents is 2. The number of sulfonamides is 1. The number of hydroxylamine groups is 1. The smallest absolute Gasteiger partial charge is 0.296 e. The van der Waals surface area contributed by atoms with Crippen LogP contribution in [-0.2, 0) is 24.1 Å². The molecule has 1 unspecified atom stereocenters. The summed E-state index contributed by atoms with van der Waals surface area (Å²) in [5, 5.41) is 25.8. The predicted octanol–water partition coefficient (Wildman–Crippen LogP) is 1.53. The van der Waals surface area contributed by atoms with Crippen molar-refractivity contribution in [1.82, 2.24) is 9.79 Å². The minimum atomic E-state index is -4.83. The van der Waals surface area contributed by atoms with Crippen LogP contribution in [0.4, 0.5) is 11.4 Å². The molecule has 1 aliphatic rings. The summed E-state index contributed by atoms with van der Waals surface area (Å²) in [7, 11) is -6.43. The highest BCUT2D eigenvalue weighted by Crippen LogP contribution is 2.33. The van der Waals surface area contributed by atoms with E-state index in [1.165, 1.54) is 12.2 Å². The second-order valence-corrected chi connectivity index (χ2v) is 14.5. The van der Waals surface area contributed by atoms with Crippen molar-refractivity contribution < 1.29 is 32.3 Å². The molecule has 3 N–H and O–H groups in total. The van der Waals surface area contributed by atoms with Gasteiger partial charge in [0.1, 0.15) is 0 Å². The van der Waals surface area contributed by atoms with Gasteiger partial charge in [-0.2, -0.15) is 0 Å². The standard InChI is InChI=1S/C21H31N5O9SSi/c1-6-9-34-26(36(32,33)19-8-7-15(24(28)29)11-17(19)25(30)31)18-12-23-14(10-16(18)20(22)27)13-35-37(5)21(2,3)4/h6-8,10-11,14,18,23,37H,1,9,12-13H2,2-5H3,(H2,22,27)/t14-,18-,37?/m0/s1. The lowest BCUT2D eigenvalue weighted by Gasteiger charge is -2.35. The number of hydrogen-bond acceptors (Lipinski definition) is 10. The molecule has 1 aliphatic heterocycles. The first-order valence-corrected chi connectivity index (χ1v) is 14.8. The average Bonchev–Trinajstić information content (AvgIpc) is 2.81. The first kappa shape index (κ1) is 30.2. The zero-order chi connectivity index (χ0) is 28.1. The molecule has 204 valence electrons. The van der Waals surface area contributed by atoms with Crippen LogP contribution in [0.1, 0.15) is 20.8 Å². The molecule has 0 bridgehead atoms. The van der Waals surface area contributed by atoms with E-state index in [1.54, 1.807) is 0 Å². The molecule has 2 rings (SSSR count). The van der Waals surface area contributed by atoms with E-state index >= 15 is 0 Å². The zero-order valence-electron chi connectivity index (χ0n) is 20.9. The Morgan fingerprint density at radius 3 is 2.49 bits per heavy atom. The van der Waals surface area contributed by atoms with Crippen molar-refractivity contribution in [3.63, 3.8) is 0 Å². The van der Waals surface area contributed by atoms with Gasteiger partial charge in [-0.15, -0.1) is 6.58 Å². The summed E-state index contributed by atoms with van der Waals surface area (Å²) in [5.74, 6) is -0.918. The first-order chi connectivity index (χ1) is 17.1. The van der Waals surface area contributed by atoms with E-state index in [0.29, 0.717) is 10.5 Å². The second-order valence-electron chi connectivity index (χ2n) is 9.37. The molecule has 16 heteroatoms. The van der Waals surface area contributed by atoms with Crippen molar-refractivity contribution >= 4 is 36.3 Å². The Morgan fingerprint density at radius 2 is 1.97 bits per heavy atom. The third-order valence-corrected chi connectivity index (χ3v) is 10.6. The molecule has 1 aromatic rings. The Morgan fingerprint density at radius 1 is 1.32 bits per heavy atom. The number of primary amides is 1. The monoisotopic (exact) mass is 557 g/mol. The first-order valence-electron chi connectivity index (χ1n) is 11.2. The molecule has 3 atom stereocenters. The Kier molecular flexibility index (Phi) is 9.81. The number of carbonyl (C=O) groups is 1. The molecule has 14 nitrogen and oxygen atoms in total. The van der Waals surface area contributed by atoms with Crippen LogP contribution in [0.15, 0.2) is 47.4 Å². The van der Waals surface area contributed by atoms with Crippen molar-refractivity contribution in [3.8, 4) is 0 Å². The number of rotatable bonds is 12. The third-order valence-electron chi connectivity index (χ3n) is 5.78. The lowest BCUT2D eigenvalue weighted by atomic mass is 10.00. The summed E-state index contributed by atoms with van der Waals surface area (Å²) >= 11 is 0. The number of nitrogens with zero attached hydrogens (tertiary/aromatic N) is 3. The number of carbonyl (C=O) groups excluding carboxylic acids is 1. The molecule has 0 saturated carbocycles. The molecule has 0 saturated heterocycles. The fourth-order valence-corrected chi connectivity index (χ4v) is 5.88. The molecule has 0 aliphatic carbocycles. The van der Waals surface area contributed by atoms with Gasteiger partial charge in [0.05, 0.1) is 35.2 Å². The fraction of sp³-hybridized carbons (Fsp3) is 0.476. The molecule has 1 amide bonds. The molecular formula is C21H31N5O9SSi. The fourth-order valence-electron chi connectivity index (χ4n) is 3.33. The van der Waals surface area contributed by atoms with E-state index in [4.69, 9.17) is 15.0 Å². The van der Waals surface area contributed by atoms with Gasteiger partial charge in [0, 0.05) is 24.2 Å². The topological polar surface area (TPSA) is 197 Å². The van der Waals surface area contributed by atoms with Crippen LogP contribution in [0.3, 0.4) is 0 Å². The summed E-state index contributed by atoms with van der Waals surface area (Å²) in [4.78, 5) is 37.6. The molecule has 0 spiro atoms. The molecule has 37 heavy (non-hydrogen) atoms. The van der Waals surface area contributed by atoms with Crippen molar-refractivity contribution in [2.75, 3.05) is 19.8 Å². The van der Waals surface area contributed by atoms with Crippen molar-refractivity contribution in [1.29, 1.82) is 0 Å². The highest BCUT2D eigenvalue weighted by atomic mass is 32.2. The summed E-state index contributed by atoms with van der Waals surface area (Å²) in [6.07, 6.45) is 2.69. The Hall–Kier alpha value is -3.02. The normalized spacial score (nSPS) is 19.2. The quantitative estimate of drug-likeness (QED) is 0.164. The van der Waals surface area contributed by atoms with Crippen LogP contribution < -0.4 is 11.1 Å². The summed E-state index contributed by atoms with van der Waals surface area (Å²) in [6.45, 7) is 11.5. The van der Waals surface area contributed by atoms with Crippen LogP contribution >= 0.6 is 0 Å². The van der Waals surface area contributed by atoms with E-state index in [1.807, 2.05) is 6.55 Å². The largest absolute Gasteiger partial charge is 0.418 e. The number of hydrogen-bond donors (Lipinski definition) is 2. The van der Waals surface area contributed by atoms with E-state index < -0.39 is 63.2 Å². The molecule has 0 fully saturated rings. The number of benzene rings is 1. The van der Waals surface area contributed by atoms with Crippen molar-refractivity contribution in [2.24, 2.45) is 5.73 Å². The summed E-state index contributed by atoms with van der Waals surface area (Å²) < 4.78 is 33.6. The van der Waals surface area contributed by atoms with Crippen molar-refractivity contribution in [2.45, 2.75) is 49.3 Å². The number of nitrogens with two attached hydrogens (primary N) is 1. The van der Waals surface area contributed by atoms with E-state index in [0.717, 1.165) is 12.1 Å². The second kappa shape index (κ2) is 12.0. The zero-order valence-corrected chi connectivity index (χ0v) is 22.9. The molecule has 1 aromatic carbocycles. The number of nitro groups is 2. The van der Waals surface area contributed by atoms with Crippen LogP contribution in [0.5, 0.6) is 0 Å². The Bertz CT molecular complexity index is 1200. The van der Waals surface area contributed by atoms with E-state index in [-0.39, 0.29) is 30.4 Å². The molecule has 0 radical (unpaired) electrons. The highest BCUT2D eigenvalue weighted by molar-refractivity contribution is 7.89.